The predicted octanol–water partition coefficient (Wildman–Crippen LogP) is 5.70. The molecule has 0 unspecified atom stereocenters. The zero-order valence-electron chi connectivity index (χ0n) is 18.9. The third-order valence-electron chi connectivity index (χ3n) is 5.62. The molecule has 0 aliphatic carbocycles. The number of amides is 1. The van der Waals surface area contributed by atoms with E-state index in [1.165, 1.54) is 31.0 Å². The summed E-state index contributed by atoms with van der Waals surface area (Å²) < 4.78 is 43.5. The molecule has 1 aliphatic rings. The van der Waals surface area contributed by atoms with Gasteiger partial charge < -0.3 is 15.0 Å². The van der Waals surface area contributed by atoms with Crippen LogP contribution < -0.4 is 10.2 Å². The van der Waals surface area contributed by atoms with Gasteiger partial charge in [-0.15, -0.1) is 11.8 Å². The minimum atomic E-state index is -4.42. The van der Waals surface area contributed by atoms with Crippen LogP contribution in [0.25, 0.3) is 0 Å². The maximum absolute atomic E-state index is 12.9. The van der Waals surface area contributed by atoms with Gasteiger partial charge in [-0.25, -0.2) is 9.78 Å². The van der Waals surface area contributed by atoms with Crippen LogP contribution in [0.3, 0.4) is 0 Å². The molecule has 1 amide bonds. The maximum Gasteiger partial charge on any atom is 0.416 e. The fourth-order valence-electron chi connectivity index (χ4n) is 3.72. The highest BCUT2D eigenvalue weighted by Crippen LogP contribution is 2.41. The molecule has 0 saturated carbocycles. The van der Waals surface area contributed by atoms with E-state index in [9.17, 15) is 22.8 Å². The Labute approximate surface area is 204 Å². The monoisotopic (exact) mass is 501 g/mol. The van der Waals surface area contributed by atoms with Crippen LogP contribution in [0.4, 0.5) is 24.7 Å². The van der Waals surface area contributed by atoms with E-state index in [1.54, 1.807) is 35.4 Å². The van der Waals surface area contributed by atoms with Crippen molar-refractivity contribution in [1.82, 2.24) is 4.98 Å². The average molecular weight is 502 g/mol. The standard InChI is InChI=1S/C25H22F3N3O3S/c1-15(17-5-7-18(8-6-17)24(33)34-2)30-23-22-20(11-12-29-23)35-14-21(32)31(22)13-16-3-9-19(10-4-16)25(26,27)28/h3-12,15H,13-14H2,1-2H3,(H,29,30)/t15-/m0/s1. The van der Waals surface area contributed by atoms with Crippen LogP contribution in [-0.4, -0.2) is 29.7 Å². The lowest BCUT2D eigenvalue weighted by molar-refractivity contribution is -0.137. The van der Waals surface area contributed by atoms with E-state index >= 15 is 0 Å². The summed E-state index contributed by atoms with van der Waals surface area (Å²) >= 11 is 1.39. The van der Waals surface area contributed by atoms with Gasteiger partial charge in [0.1, 0.15) is 5.69 Å². The third-order valence-corrected chi connectivity index (χ3v) is 6.65. The van der Waals surface area contributed by atoms with E-state index in [2.05, 4.69) is 10.3 Å². The van der Waals surface area contributed by atoms with Gasteiger partial charge in [0.05, 0.1) is 36.6 Å². The zero-order chi connectivity index (χ0) is 25.2. The summed E-state index contributed by atoms with van der Waals surface area (Å²) in [5.74, 6) is 0.125. The lowest BCUT2D eigenvalue weighted by Crippen LogP contribution is -2.35. The van der Waals surface area contributed by atoms with E-state index in [0.717, 1.165) is 22.6 Å². The number of halogens is 3. The molecule has 0 bridgehead atoms. The number of nitrogens with one attached hydrogen (secondary N) is 1. The van der Waals surface area contributed by atoms with Crippen molar-refractivity contribution in [3.05, 3.63) is 83.0 Å². The number of esters is 1. The van der Waals surface area contributed by atoms with Crippen LogP contribution in [0.5, 0.6) is 0 Å². The predicted molar refractivity (Wildman–Crippen MR) is 127 cm³/mol. The first kappa shape index (κ1) is 24.6. The van der Waals surface area contributed by atoms with E-state index < -0.39 is 17.7 Å². The molecule has 182 valence electrons. The van der Waals surface area contributed by atoms with Crippen LogP contribution in [0.1, 0.15) is 40.0 Å². The highest BCUT2D eigenvalue weighted by molar-refractivity contribution is 8.00. The number of hydrogen-bond acceptors (Lipinski definition) is 6. The first-order valence-corrected chi connectivity index (χ1v) is 11.7. The number of carbonyl (C=O) groups excluding carboxylic acids is 2. The van der Waals surface area contributed by atoms with Crippen molar-refractivity contribution in [2.45, 2.75) is 30.6 Å². The number of methoxy groups -OCH3 is 1. The highest BCUT2D eigenvalue weighted by Gasteiger charge is 2.31. The quantitative estimate of drug-likeness (QED) is 0.437. The number of benzene rings is 2. The largest absolute Gasteiger partial charge is 0.465 e. The molecule has 4 rings (SSSR count). The number of aromatic nitrogens is 1. The topological polar surface area (TPSA) is 71.5 Å². The number of pyridine rings is 1. The summed E-state index contributed by atoms with van der Waals surface area (Å²) in [7, 11) is 1.32. The second kappa shape index (κ2) is 9.99. The first-order chi connectivity index (χ1) is 16.7. The van der Waals surface area contributed by atoms with E-state index in [1.807, 2.05) is 13.0 Å². The van der Waals surface area contributed by atoms with Crippen LogP contribution >= 0.6 is 11.8 Å². The van der Waals surface area contributed by atoms with Gasteiger partial charge in [0.2, 0.25) is 5.91 Å². The van der Waals surface area contributed by atoms with Crippen molar-refractivity contribution in [1.29, 1.82) is 0 Å². The molecule has 2 heterocycles. The number of carbonyl (C=O) groups is 2. The number of alkyl halides is 3. The Bertz CT molecular complexity index is 1230. The third kappa shape index (κ3) is 5.43. The zero-order valence-corrected chi connectivity index (χ0v) is 19.7. The summed E-state index contributed by atoms with van der Waals surface area (Å²) in [5.41, 5.74) is 1.75. The lowest BCUT2D eigenvalue weighted by Gasteiger charge is -2.31. The van der Waals surface area contributed by atoms with Gasteiger partial charge in [0.15, 0.2) is 5.82 Å². The summed E-state index contributed by atoms with van der Waals surface area (Å²) in [4.78, 5) is 31.4. The van der Waals surface area contributed by atoms with Gasteiger partial charge in [-0.1, -0.05) is 24.3 Å². The molecule has 35 heavy (non-hydrogen) atoms. The summed E-state index contributed by atoms with van der Waals surface area (Å²) in [6.07, 6.45) is -2.78. The number of rotatable bonds is 6. The molecule has 0 fully saturated rings. The summed E-state index contributed by atoms with van der Waals surface area (Å²) in [5, 5.41) is 3.33. The number of nitrogens with zero attached hydrogens (tertiary/aromatic N) is 2. The van der Waals surface area contributed by atoms with E-state index in [-0.39, 0.29) is 24.2 Å². The van der Waals surface area contributed by atoms with Gasteiger partial charge in [-0.3, -0.25) is 4.79 Å². The van der Waals surface area contributed by atoms with Crippen LogP contribution in [0.15, 0.2) is 65.7 Å². The number of thioether (sulfide) groups is 1. The van der Waals surface area contributed by atoms with Crippen molar-refractivity contribution >= 4 is 35.1 Å². The van der Waals surface area contributed by atoms with E-state index in [0.29, 0.717) is 22.6 Å². The van der Waals surface area contributed by atoms with Gasteiger partial charge in [0, 0.05) is 11.1 Å². The smallest absolute Gasteiger partial charge is 0.416 e. The molecular weight excluding hydrogens is 479 g/mol. The Morgan fingerprint density at radius 1 is 1.14 bits per heavy atom. The van der Waals surface area contributed by atoms with Crippen LogP contribution in [-0.2, 0) is 22.3 Å². The first-order valence-electron chi connectivity index (χ1n) is 10.7. The molecule has 1 N–H and O–H groups in total. The van der Waals surface area contributed by atoms with Crippen molar-refractivity contribution in [2.24, 2.45) is 0 Å². The van der Waals surface area contributed by atoms with Gasteiger partial charge >= 0.3 is 12.1 Å². The molecule has 3 aromatic rings. The minimum absolute atomic E-state index is 0.118. The molecule has 1 aliphatic heterocycles. The molecule has 6 nitrogen and oxygen atoms in total. The normalized spacial score (nSPS) is 14.3. The Hall–Kier alpha value is -3.53. The fraction of sp³-hybridized carbons (Fsp3) is 0.240. The van der Waals surface area contributed by atoms with Crippen molar-refractivity contribution in [2.75, 3.05) is 23.1 Å². The van der Waals surface area contributed by atoms with Crippen LogP contribution in [0.2, 0.25) is 0 Å². The Morgan fingerprint density at radius 3 is 2.46 bits per heavy atom. The minimum Gasteiger partial charge on any atom is -0.465 e. The molecule has 1 atom stereocenters. The second-order valence-electron chi connectivity index (χ2n) is 7.95. The molecule has 1 aromatic heterocycles. The average Bonchev–Trinajstić information content (AvgIpc) is 2.85. The Kier molecular flexibility index (Phi) is 7.02. The highest BCUT2D eigenvalue weighted by atomic mass is 32.2. The fourth-order valence-corrected chi connectivity index (χ4v) is 4.66. The maximum atomic E-state index is 12.9. The molecule has 0 radical (unpaired) electrons. The van der Waals surface area contributed by atoms with Crippen molar-refractivity contribution in [3.63, 3.8) is 0 Å². The summed E-state index contributed by atoms with van der Waals surface area (Å²) in [6.45, 7) is 2.04. The Morgan fingerprint density at radius 2 is 1.83 bits per heavy atom. The molecule has 2 aromatic carbocycles. The number of hydrogen-bond donors (Lipinski definition) is 1. The van der Waals surface area contributed by atoms with Gasteiger partial charge in [-0.2, -0.15) is 13.2 Å². The second-order valence-corrected chi connectivity index (χ2v) is 8.97. The number of fused-ring (bicyclic) bond motifs is 1. The van der Waals surface area contributed by atoms with E-state index in [4.69, 9.17) is 4.74 Å². The van der Waals surface area contributed by atoms with Gasteiger partial charge in [-0.05, 0) is 48.4 Å². The Balaban J connectivity index is 1.59. The lowest BCUT2D eigenvalue weighted by atomic mass is 10.1. The number of ether oxygens (including phenoxy) is 1. The molecular formula is C25H22F3N3O3S. The number of anilines is 2. The molecule has 0 spiro atoms. The molecule has 0 saturated heterocycles. The van der Waals surface area contributed by atoms with Crippen LogP contribution in [0, 0.1) is 0 Å². The van der Waals surface area contributed by atoms with Gasteiger partial charge in [0.25, 0.3) is 0 Å². The van der Waals surface area contributed by atoms with Crippen molar-refractivity contribution < 1.29 is 27.5 Å². The SMILES string of the molecule is COC(=O)c1ccc([C@H](C)Nc2nccc3c2N(Cc2ccc(C(F)(F)F)cc2)C(=O)CS3)cc1. The molecule has 10 heteroatoms. The van der Waals surface area contributed by atoms with Crippen molar-refractivity contribution in [3.8, 4) is 0 Å². The summed E-state index contributed by atoms with van der Waals surface area (Å²) in [6, 6.07) is 13.3.